The van der Waals surface area contributed by atoms with Crippen molar-refractivity contribution in [3.05, 3.63) is 84.3 Å². The molecule has 1 N–H and O–H groups in total. The lowest BCUT2D eigenvalue weighted by Gasteiger charge is -2.24. The van der Waals surface area contributed by atoms with Gasteiger partial charge in [-0.15, -0.1) is 0 Å². The second kappa shape index (κ2) is 10.7. The zero-order valence-electron chi connectivity index (χ0n) is 22.5. The van der Waals surface area contributed by atoms with Gasteiger partial charge in [-0.3, -0.25) is 0 Å². The highest BCUT2D eigenvalue weighted by atomic mass is 16.2. The highest BCUT2D eigenvalue weighted by molar-refractivity contribution is 6.01. The molecule has 39 heavy (non-hydrogen) atoms. The van der Waals surface area contributed by atoms with Crippen molar-refractivity contribution in [1.82, 2.24) is 24.6 Å². The van der Waals surface area contributed by atoms with Crippen molar-refractivity contribution in [1.29, 1.82) is 0 Å². The van der Waals surface area contributed by atoms with Gasteiger partial charge in [-0.05, 0) is 43.4 Å². The zero-order chi connectivity index (χ0) is 26.8. The first-order valence-corrected chi connectivity index (χ1v) is 13.7. The number of anilines is 2. The van der Waals surface area contributed by atoms with Crippen molar-refractivity contribution in [2.75, 3.05) is 36.4 Å². The van der Waals surface area contributed by atoms with Gasteiger partial charge in [-0.25, -0.2) is 19.4 Å². The van der Waals surface area contributed by atoms with E-state index in [2.05, 4.69) is 29.3 Å². The van der Waals surface area contributed by atoms with Crippen molar-refractivity contribution in [2.24, 2.45) is 0 Å². The molecular formula is C31H33N7O. The van der Waals surface area contributed by atoms with E-state index < -0.39 is 0 Å². The van der Waals surface area contributed by atoms with E-state index in [-0.39, 0.29) is 6.03 Å². The molecule has 2 amide bonds. The SMILES string of the molecule is CCCc1nc(N2CCCN(C(=O)Nc3cccc4ccccc34)CC2)c2c(C)nn(-c3ccccc3)c2n1. The second-order valence-electron chi connectivity index (χ2n) is 10.0. The molecule has 8 nitrogen and oxygen atoms in total. The normalized spacial score (nSPS) is 14.1. The molecule has 0 saturated carbocycles. The number of hydrogen-bond donors (Lipinski definition) is 1. The van der Waals surface area contributed by atoms with Crippen LogP contribution in [0.1, 0.15) is 31.3 Å². The summed E-state index contributed by atoms with van der Waals surface area (Å²) in [5.41, 5.74) is 3.56. The van der Waals surface area contributed by atoms with Crippen molar-refractivity contribution in [3.8, 4) is 5.69 Å². The van der Waals surface area contributed by atoms with Gasteiger partial charge in [0.15, 0.2) is 5.65 Å². The Morgan fingerprint density at radius 2 is 1.69 bits per heavy atom. The summed E-state index contributed by atoms with van der Waals surface area (Å²) in [7, 11) is 0. The third kappa shape index (κ3) is 4.90. The van der Waals surface area contributed by atoms with Crippen LogP contribution < -0.4 is 10.2 Å². The number of hydrogen-bond acceptors (Lipinski definition) is 5. The molecule has 3 heterocycles. The lowest BCUT2D eigenvalue weighted by molar-refractivity contribution is 0.215. The van der Waals surface area contributed by atoms with E-state index in [0.29, 0.717) is 19.6 Å². The monoisotopic (exact) mass is 519 g/mol. The first-order valence-electron chi connectivity index (χ1n) is 13.7. The largest absolute Gasteiger partial charge is 0.354 e. The van der Waals surface area contributed by atoms with Crippen LogP contribution >= 0.6 is 0 Å². The van der Waals surface area contributed by atoms with Crippen LogP contribution in [-0.4, -0.2) is 56.9 Å². The number of fused-ring (bicyclic) bond motifs is 2. The number of carbonyl (C=O) groups excluding carboxylic acids is 1. The number of aromatic nitrogens is 4. The first-order chi connectivity index (χ1) is 19.1. The van der Waals surface area contributed by atoms with Crippen molar-refractivity contribution < 1.29 is 4.79 Å². The topological polar surface area (TPSA) is 79.2 Å². The Labute approximate surface area is 228 Å². The van der Waals surface area contributed by atoms with E-state index in [4.69, 9.17) is 15.1 Å². The van der Waals surface area contributed by atoms with Crippen LogP contribution in [0.25, 0.3) is 27.5 Å². The molecule has 2 aromatic heterocycles. The van der Waals surface area contributed by atoms with Gasteiger partial charge in [0.05, 0.1) is 22.5 Å². The molecule has 0 spiro atoms. The van der Waals surface area contributed by atoms with E-state index in [1.807, 2.05) is 77.2 Å². The predicted molar refractivity (Wildman–Crippen MR) is 157 cm³/mol. The number of nitrogens with zero attached hydrogens (tertiary/aromatic N) is 6. The quantitative estimate of drug-likeness (QED) is 0.309. The van der Waals surface area contributed by atoms with Crippen LogP contribution in [0.2, 0.25) is 0 Å². The number of para-hydroxylation sites is 1. The summed E-state index contributed by atoms with van der Waals surface area (Å²) < 4.78 is 1.93. The maximum absolute atomic E-state index is 13.3. The summed E-state index contributed by atoms with van der Waals surface area (Å²) in [6.07, 6.45) is 2.62. The fraction of sp³-hybridized carbons (Fsp3) is 0.290. The Morgan fingerprint density at radius 3 is 2.54 bits per heavy atom. The summed E-state index contributed by atoms with van der Waals surface area (Å²) in [5, 5.41) is 11.2. The van der Waals surface area contributed by atoms with Crippen LogP contribution in [0.5, 0.6) is 0 Å². The van der Waals surface area contributed by atoms with Gasteiger partial charge >= 0.3 is 6.03 Å². The lowest BCUT2D eigenvalue weighted by atomic mass is 10.1. The number of rotatable bonds is 5. The Kier molecular flexibility index (Phi) is 6.84. The molecule has 1 saturated heterocycles. The molecule has 0 bridgehead atoms. The van der Waals surface area contributed by atoms with E-state index in [1.54, 1.807) is 0 Å². The minimum Gasteiger partial charge on any atom is -0.354 e. The number of nitrogens with one attached hydrogen (secondary N) is 1. The number of aryl methyl sites for hydroxylation is 2. The smallest absolute Gasteiger partial charge is 0.321 e. The maximum Gasteiger partial charge on any atom is 0.321 e. The minimum atomic E-state index is -0.0687. The van der Waals surface area contributed by atoms with Gasteiger partial charge in [0, 0.05) is 38.0 Å². The molecular weight excluding hydrogens is 486 g/mol. The number of urea groups is 1. The number of benzene rings is 3. The molecule has 5 aromatic rings. The summed E-state index contributed by atoms with van der Waals surface area (Å²) in [6.45, 7) is 6.96. The lowest BCUT2D eigenvalue weighted by Crippen LogP contribution is -2.38. The fourth-order valence-electron chi connectivity index (χ4n) is 5.38. The Bertz CT molecular complexity index is 1620. The van der Waals surface area contributed by atoms with Crippen molar-refractivity contribution in [2.45, 2.75) is 33.1 Å². The standard InChI is InChI=1S/C31H33N7O/c1-3-11-27-33-29(28-22(2)35-38(30(28)34-27)24-14-5-4-6-15-24)36-18-10-19-37(21-20-36)31(39)32-26-17-9-13-23-12-7-8-16-25(23)26/h4-9,12-17H,3,10-11,18-21H2,1-2H3,(H,32,39). The maximum atomic E-state index is 13.3. The van der Waals surface area contributed by atoms with Gasteiger partial charge < -0.3 is 15.1 Å². The van der Waals surface area contributed by atoms with Crippen LogP contribution in [0.3, 0.4) is 0 Å². The summed E-state index contributed by atoms with van der Waals surface area (Å²) >= 11 is 0. The van der Waals surface area contributed by atoms with Crippen LogP contribution in [0.15, 0.2) is 72.8 Å². The molecule has 1 aliphatic rings. The Balaban J connectivity index is 1.28. The summed E-state index contributed by atoms with van der Waals surface area (Å²) in [4.78, 5) is 27.5. The van der Waals surface area contributed by atoms with E-state index in [0.717, 1.165) is 76.3 Å². The molecule has 0 atom stereocenters. The van der Waals surface area contributed by atoms with Crippen LogP contribution in [-0.2, 0) is 6.42 Å². The molecule has 3 aromatic carbocycles. The number of amides is 2. The van der Waals surface area contributed by atoms with Crippen molar-refractivity contribution in [3.63, 3.8) is 0 Å². The minimum absolute atomic E-state index is 0.0687. The van der Waals surface area contributed by atoms with E-state index >= 15 is 0 Å². The van der Waals surface area contributed by atoms with Gasteiger partial charge in [-0.2, -0.15) is 5.10 Å². The van der Waals surface area contributed by atoms with Crippen molar-refractivity contribution >= 4 is 39.3 Å². The third-order valence-electron chi connectivity index (χ3n) is 7.32. The van der Waals surface area contributed by atoms with Gasteiger partial charge in [0.25, 0.3) is 0 Å². The summed E-state index contributed by atoms with van der Waals surface area (Å²) in [6, 6.07) is 24.2. The van der Waals surface area contributed by atoms with Gasteiger partial charge in [0.2, 0.25) is 0 Å². The Hall–Kier alpha value is -4.46. The first kappa shape index (κ1) is 24.9. The molecule has 198 valence electrons. The average Bonchev–Trinajstić information content (AvgIpc) is 3.12. The second-order valence-corrected chi connectivity index (χ2v) is 10.0. The third-order valence-corrected chi connectivity index (χ3v) is 7.32. The molecule has 1 fully saturated rings. The molecule has 8 heteroatoms. The molecule has 6 rings (SSSR count). The predicted octanol–water partition coefficient (Wildman–Crippen LogP) is 5.97. The fourth-order valence-corrected chi connectivity index (χ4v) is 5.38. The molecule has 0 aliphatic carbocycles. The van der Waals surface area contributed by atoms with Gasteiger partial charge in [-0.1, -0.05) is 61.5 Å². The van der Waals surface area contributed by atoms with E-state index in [1.165, 1.54) is 0 Å². The highest BCUT2D eigenvalue weighted by Crippen LogP contribution is 2.30. The van der Waals surface area contributed by atoms with E-state index in [9.17, 15) is 4.79 Å². The number of carbonyl (C=O) groups is 1. The average molecular weight is 520 g/mol. The van der Waals surface area contributed by atoms with Gasteiger partial charge in [0.1, 0.15) is 11.6 Å². The zero-order valence-corrected chi connectivity index (χ0v) is 22.5. The van der Waals surface area contributed by atoms with Crippen LogP contribution in [0, 0.1) is 6.92 Å². The molecule has 0 unspecified atom stereocenters. The highest BCUT2D eigenvalue weighted by Gasteiger charge is 2.25. The Morgan fingerprint density at radius 1 is 0.897 bits per heavy atom. The van der Waals surface area contributed by atoms with Crippen LogP contribution in [0.4, 0.5) is 16.3 Å². The summed E-state index contributed by atoms with van der Waals surface area (Å²) in [5.74, 6) is 1.74. The molecule has 0 radical (unpaired) electrons. The molecule has 1 aliphatic heterocycles.